The number of hydrogen-bond acceptors (Lipinski definition) is 8. The van der Waals surface area contributed by atoms with Gasteiger partial charge in [-0.15, -0.1) is 0 Å². The Morgan fingerprint density at radius 2 is 1.53 bits per heavy atom. The summed E-state index contributed by atoms with van der Waals surface area (Å²) in [5, 5.41) is 0. The van der Waals surface area contributed by atoms with Gasteiger partial charge >= 0.3 is 11.9 Å². The molecule has 0 radical (unpaired) electrons. The molecule has 2 aliphatic heterocycles. The van der Waals surface area contributed by atoms with Gasteiger partial charge in [-0.25, -0.2) is 0 Å². The van der Waals surface area contributed by atoms with E-state index in [0.29, 0.717) is 23.3 Å². The van der Waals surface area contributed by atoms with Crippen LogP contribution < -0.4 is 4.74 Å². The molecule has 1 aromatic carbocycles. The highest BCUT2D eigenvalue weighted by Crippen LogP contribution is 2.66. The van der Waals surface area contributed by atoms with Gasteiger partial charge in [0.1, 0.15) is 24.1 Å². The van der Waals surface area contributed by atoms with E-state index in [1.165, 1.54) is 50.7 Å². The number of carbonyl (C=O) groups excluding carboxylic acids is 2. The third-order valence-electron chi connectivity index (χ3n) is 12.1. The predicted octanol–water partition coefficient (Wildman–Crippen LogP) is 5.22. The lowest BCUT2D eigenvalue weighted by molar-refractivity contribution is -0.150. The molecule has 234 valence electrons. The van der Waals surface area contributed by atoms with E-state index < -0.39 is 34.0 Å². The number of hydrogen-bond donors (Lipinski definition) is 1. The summed E-state index contributed by atoms with van der Waals surface area (Å²) in [5.74, 6) is -0.0985. The zero-order chi connectivity index (χ0) is 30.2. The summed E-state index contributed by atoms with van der Waals surface area (Å²) in [6, 6.07) is 2.74. The maximum absolute atomic E-state index is 14.0. The molecule has 1 N–H and O–H groups in total. The Bertz CT molecular complexity index is 1420. The molecule has 43 heavy (non-hydrogen) atoms. The molecule has 8 fully saturated rings. The fourth-order valence-electron chi connectivity index (χ4n) is 10.7. The Kier molecular flexibility index (Phi) is 6.29. The Morgan fingerprint density at radius 1 is 0.953 bits per heavy atom. The average Bonchev–Trinajstić information content (AvgIpc) is 3.38. The van der Waals surface area contributed by atoms with Crippen molar-refractivity contribution >= 4 is 22.1 Å². The van der Waals surface area contributed by atoms with Gasteiger partial charge in [-0.3, -0.25) is 14.1 Å². The average molecular weight is 615 g/mol. The molecule has 2 saturated heterocycles. The van der Waals surface area contributed by atoms with E-state index in [4.69, 9.17) is 18.9 Å². The molecule has 6 saturated carbocycles. The largest absolute Gasteiger partial charge is 0.459 e. The van der Waals surface area contributed by atoms with Crippen molar-refractivity contribution in [1.29, 1.82) is 0 Å². The first-order valence-electron chi connectivity index (χ1n) is 16.2. The van der Waals surface area contributed by atoms with Crippen molar-refractivity contribution in [3.8, 4) is 5.75 Å². The third-order valence-corrected chi connectivity index (χ3v) is 12.9. The molecule has 1 aromatic rings. The van der Waals surface area contributed by atoms with E-state index in [0.717, 1.165) is 17.8 Å². The van der Waals surface area contributed by atoms with Crippen molar-refractivity contribution in [2.45, 2.75) is 114 Å². The SMILES string of the molecule is CC(C)c1cc(S(=O)(=O)O)cc(C(C)C)c1OC(=O)C1C2CC3C(OC(=O)C31)C2OC1O[C@H]1C12CC3CC(CC(C3)C1)C2. The van der Waals surface area contributed by atoms with Crippen LogP contribution in [0, 0.1) is 46.8 Å². The molecule has 2 heterocycles. The first-order chi connectivity index (χ1) is 20.3. The highest BCUT2D eigenvalue weighted by Gasteiger charge is 2.71. The molecule has 0 aromatic heterocycles. The van der Waals surface area contributed by atoms with Crippen molar-refractivity contribution in [2.24, 2.45) is 46.8 Å². The van der Waals surface area contributed by atoms with Crippen LogP contribution in [0.5, 0.6) is 5.75 Å². The Labute approximate surface area is 253 Å². The number of esters is 2. The van der Waals surface area contributed by atoms with E-state index >= 15 is 0 Å². The number of benzene rings is 1. The lowest BCUT2D eigenvalue weighted by Crippen LogP contribution is -2.49. The van der Waals surface area contributed by atoms with Gasteiger partial charge in [-0.2, -0.15) is 8.42 Å². The van der Waals surface area contributed by atoms with Crippen LogP contribution in [0.25, 0.3) is 0 Å². The predicted molar refractivity (Wildman–Crippen MR) is 153 cm³/mol. The van der Waals surface area contributed by atoms with Crippen LogP contribution in [0.2, 0.25) is 0 Å². The normalized spacial score (nSPS) is 43.6. The van der Waals surface area contributed by atoms with E-state index in [2.05, 4.69) is 0 Å². The second-order valence-corrected chi connectivity index (χ2v) is 16.9. The molecule has 9 rings (SSSR count). The number of fused-ring (bicyclic) bond motifs is 1. The van der Waals surface area contributed by atoms with Crippen LogP contribution in [0.1, 0.15) is 95.6 Å². The third kappa shape index (κ3) is 4.36. The molecule has 0 amide bonds. The van der Waals surface area contributed by atoms with Crippen molar-refractivity contribution in [2.75, 3.05) is 0 Å². The van der Waals surface area contributed by atoms with E-state index in [-0.39, 0.29) is 58.4 Å². The maximum Gasteiger partial charge on any atom is 0.315 e. The minimum Gasteiger partial charge on any atom is -0.459 e. The minimum absolute atomic E-state index is 0.0850. The van der Waals surface area contributed by atoms with Gasteiger partial charge in [0.2, 0.25) is 0 Å². The summed E-state index contributed by atoms with van der Waals surface area (Å²) in [4.78, 5) is 26.9. The number of epoxide rings is 1. The van der Waals surface area contributed by atoms with Gasteiger partial charge in [0, 0.05) is 17.3 Å². The van der Waals surface area contributed by atoms with Gasteiger partial charge < -0.3 is 18.9 Å². The van der Waals surface area contributed by atoms with Gasteiger partial charge in [-0.05, 0) is 97.8 Å². The number of ether oxygens (including phenoxy) is 4. The Morgan fingerprint density at radius 3 is 2.07 bits per heavy atom. The van der Waals surface area contributed by atoms with Crippen LogP contribution in [0.3, 0.4) is 0 Å². The topological polar surface area (TPSA) is 129 Å². The quantitative estimate of drug-likeness (QED) is 0.181. The molecular formula is C33H42O9S. The van der Waals surface area contributed by atoms with Gasteiger partial charge in [0.25, 0.3) is 10.1 Å². The first kappa shape index (κ1) is 28.5. The lowest BCUT2D eigenvalue weighted by atomic mass is 9.48. The van der Waals surface area contributed by atoms with Crippen LogP contribution >= 0.6 is 0 Å². The molecule has 9 nitrogen and oxygen atoms in total. The molecule has 7 unspecified atom stereocenters. The van der Waals surface area contributed by atoms with Crippen molar-refractivity contribution in [1.82, 2.24) is 0 Å². The maximum atomic E-state index is 14.0. The van der Waals surface area contributed by atoms with Crippen molar-refractivity contribution in [3.05, 3.63) is 23.3 Å². The van der Waals surface area contributed by atoms with Gasteiger partial charge in [-0.1, -0.05) is 27.7 Å². The highest BCUT2D eigenvalue weighted by atomic mass is 32.2. The van der Waals surface area contributed by atoms with Gasteiger partial charge in [0.05, 0.1) is 16.7 Å². The van der Waals surface area contributed by atoms with E-state index in [1.807, 2.05) is 27.7 Å². The molecule has 10 heteroatoms. The lowest BCUT2D eigenvalue weighted by Gasteiger charge is -2.56. The minimum atomic E-state index is -4.46. The summed E-state index contributed by atoms with van der Waals surface area (Å²) in [6.45, 7) is 7.50. The number of carbonyl (C=O) groups is 2. The van der Waals surface area contributed by atoms with Gasteiger partial charge in [0.15, 0.2) is 6.29 Å². The molecule has 8 atom stereocenters. The second kappa shape index (κ2) is 9.50. The smallest absolute Gasteiger partial charge is 0.315 e. The Hall–Kier alpha value is -2.01. The van der Waals surface area contributed by atoms with Crippen LogP contribution in [0.15, 0.2) is 17.0 Å². The van der Waals surface area contributed by atoms with E-state index in [9.17, 15) is 22.6 Å². The summed E-state index contributed by atoms with van der Waals surface area (Å²) in [5.41, 5.74) is 1.23. The van der Waals surface area contributed by atoms with Crippen LogP contribution in [-0.4, -0.2) is 49.5 Å². The fraction of sp³-hybridized carbons (Fsp3) is 0.758. The Balaban J connectivity index is 1.05. The fourth-order valence-corrected chi connectivity index (χ4v) is 11.3. The zero-order valence-electron chi connectivity index (χ0n) is 25.2. The molecule has 0 spiro atoms. The van der Waals surface area contributed by atoms with Crippen LogP contribution in [0.4, 0.5) is 0 Å². The molecular weight excluding hydrogens is 572 g/mol. The summed E-state index contributed by atoms with van der Waals surface area (Å²) in [7, 11) is -4.46. The van der Waals surface area contributed by atoms with E-state index in [1.54, 1.807) is 0 Å². The molecule has 6 aliphatic carbocycles. The first-order valence-corrected chi connectivity index (χ1v) is 17.7. The molecule has 8 aliphatic rings. The second-order valence-electron chi connectivity index (χ2n) is 15.5. The monoisotopic (exact) mass is 614 g/mol. The van der Waals surface area contributed by atoms with Crippen molar-refractivity contribution in [3.63, 3.8) is 0 Å². The zero-order valence-corrected chi connectivity index (χ0v) is 26.0. The molecule has 6 bridgehead atoms. The standard InChI is InChI=1S/C33H42O9S/c1-14(2)20-8-19(43(36,37)38)9-21(15(3)4)26(20)39-30(34)25-23-10-22-24(25)31(35)40-27(22)28(23)41-32-29(42-32)33-11-16-5-17(12-33)7-18(6-16)13-33/h8-9,14-18,22-25,27-29,32H,5-7,10-13H2,1-4H3,(H,36,37,38)/t16?,17?,18?,22?,23?,24?,25?,27?,28?,29-,32?,33?/m1/s1. The number of rotatable bonds is 8. The van der Waals surface area contributed by atoms with Crippen molar-refractivity contribution < 1.29 is 41.5 Å². The highest BCUT2D eigenvalue weighted by molar-refractivity contribution is 7.85. The summed E-state index contributed by atoms with van der Waals surface area (Å²) in [6.07, 6.45) is 7.42. The van der Waals surface area contributed by atoms with Crippen LogP contribution in [-0.2, 0) is 33.9 Å². The summed E-state index contributed by atoms with van der Waals surface area (Å²) >= 11 is 0. The summed E-state index contributed by atoms with van der Waals surface area (Å²) < 4.78 is 58.8.